The Bertz CT molecular complexity index is 1020. The number of nitrogens with one attached hydrogen (secondary N) is 1. The molecule has 1 heterocycles. The van der Waals surface area contributed by atoms with Gasteiger partial charge in [-0.3, -0.25) is 4.79 Å². The lowest BCUT2D eigenvalue weighted by atomic mass is 10.1. The van der Waals surface area contributed by atoms with Crippen LogP contribution in [-0.4, -0.2) is 40.5 Å². The van der Waals surface area contributed by atoms with Crippen LogP contribution in [-0.2, 0) is 16.1 Å². The third-order valence-corrected chi connectivity index (χ3v) is 5.60. The highest BCUT2D eigenvalue weighted by Gasteiger charge is 2.34. The Morgan fingerprint density at radius 3 is 2.61 bits per heavy atom. The van der Waals surface area contributed by atoms with E-state index in [9.17, 15) is 23.9 Å². The lowest BCUT2D eigenvalue weighted by Gasteiger charge is -2.27. The second-order valence-electron chi connectivity index (χ2n) is 8.01. The molecule has 2 amide bonds. The van der Waals surface area contributed by atoms with Gasteiger partial charge in [0.15, 0.2) is 0 Å². The van der Waals surface area contributed by atoms with E-state index in [1.165, 1.54) is 34.9 Å². The van der Waals surface area contributed by atoms with Gasteiger partial charge >= 0.3 is 12.1 Å². The first-order valence-electron chi connectivity index (χ1n) is 9.59. The van der Waals surface area contributed by atoms with Crippen molar-refractivity contribution in [3.8, 4) is 0 Å². The Hall–Kier alpha value is -3.07. The highest BCUT2D eigenvalue weighted by atomic mass is 32.2. The third kappa shape index (κ3) is 5.55. The number of fused-ring (bicyclic) bond motifs is 1. The van der Waals surface area contributed by atoms with Crippen LogP contribution in [0.25, 0.3) is 0 Å². The van der Waals surface area contributed by atoms with Crippen molar-refractivity contribution in [3.63, 3.8) is 0 Å². The molecule has 0 fully saturated rings. The van der Waals surface area contributed by atoms with E-state index >= 15 is 0 Å². The molecule has 0 bridgehead atoms. The zero-order valence-corrected chi connectivity index (χ0v) is 18.2. The van der Waals surface area contributed by atoms with Crippen molar-refractivity contribution in [1.82, 2.24) is 5.32 Å². The van der Waals surface area contributed by atoms with Crippen molar-refractivity contribution in [3.05, 3.63) is 59.4 Å². The van der Waals surface area contributed by atoms with E-state index in [4.69, 9.17) is 4.74 Å². The predicted molar refractivity (Wildman–Crippen MR) is 115 cm³/mol. The Morgan fingerprint density at radius 1 is 1.26 bits per heavy atom. The number of benzene rings is 2. The summed E-state index contributed by atoms with van der Waals surface area (Å²) in [6.45, 7) is 5.02. The van der Waals surface area contributed by atoms with Crippen LogP contribution in [0.3, 0.4) is 0 Å². The van der Waals surface area contributed by atoms with Crippen molar-refractivity contribution >= 4 is 35.4 Å². The summed E-state index contributed by atoms with van der Waals surface area (Å²) in [5, 5.41) is 12.0. The van der Waals surface area contributed by atoms with E-state index in [0.29, 0.717) is 10.6 Å². The number of carbonyl (C=O) groups is 3. The van der Waals surface area contributed by atoms with E-state index in [1.807, 2.05) is 0 Å². The van der Waals surface area contributed by atoms with Crippen LogP contribution in [0.5, 0.6) is 0 Å². The second-order valence-corrected chi connectivity index (χ2v) is 9.08. The molecule has 164 valence electrons. The Morgan fingerprint density at radius 2 is 1.97 bits per heavy atom. The highest BCUT2D eigenvalue weighted by Crippen LogP contribution is 2.36. The number of carbonyl (C=O) groups excluding carboxylic acids is 2. The number of ether oxygens (including phenoxy) is 1. The molecule has 2 aromatic rings. The summed E-state index contributed by atoms with van der Waals surface area (Å²) in [4.78, 5) is 39.1. The Balaban J connectivity index is 1.98. The number of hydrogen-bond donors (Lipinski definition) is 2. The zero-order valence-electron chi connectivity index (χ0n) is 17.3. The van der Waals surface area contributed by atoms with Crippen LogP contribution in [0.1, 0.15) is 36.7 Å². The van der Waals surface area contributed by atoms with Crippen molar-refractivity contribution in [2.45, 2.75) is 43.9 Å². The molecule has 0 saturated heterocycles. The summed E-state index contributed by atoms with van der Waals surface area (Å²) in [5.74, 6) is -1.90. The highest BCUT2D eigenvalue weighted by molar-refractivity contribution is 7.99. The van der Waals surface area contributed by atoms with Gasteiger partial charge in [0, 0.05) is 16.2 Å². The number of amides is 2. The third-order valence-electron chi connectivity index (χ3n) is 4.44. The van der Waals surface area contributed by atoms with Gasteiger partial charge in [0.2, 0.25) is 0 Å². The van der Waals surface area contributed by atoms with E-state index < -0.39 is 35.4 Å². The largest absolute Gasteiger partial charge is 0.478 e. The smallest absolute Gasteiger partial charge is 0.408 e. The molecule has 0 radical (unpaired) electrons. The fraction of sp³-hybridized carbons (Fsp3) is 0.318. The van der Waals surface area contributed by atoms with Gasteiger partial charge in [-0.1, -0.05) is 18.2 Å². The summed E-state index contributed by atoms with van der Waals surface area (Å²) in [6, 6.07) is 9.55. The molecule has 2 aromatic carbocycles. The topological polar surface area (TPSA) is 95.9 Å². The average Bonchev–Trinajstić information content (AvgIpc) is 2.80. The first-order chi connectivity index (χ1) is 14.5. The van der Waals surface area contributed by atoms with Gasteiger partial charge in [0.05, 0.1) is 17.8 Å². The summed E-state index contributed by atoms with van der Waals surface area (Å²) in [6.07, 6.45) is -0.741. The number of alkyl carbamates (subject to hydrolysis) is 1. The van der Waals surface area contributed by atoms with Crippen LogP contribution in [0.15, 0.2) is 47.4 Å². The number of rotatable bonds is 4. The number of carboxylic acid groups (broad SMARTS) is 1. The first-order valence-corrected chi connectivity index (χ1v) is 10.6. The maximum Gasteiger partial charge on any atom is 0.408 e. The molecule has 2 N–H and O–H groups in total. The number of thioether (sulfide) groups is 1. The fourth-order valence-electron chi connectivity index (χ4n) is 3.05. The number of aromatic carboxylic acids is 1. The van der Waals surface area contributed by atoms with Gasteiger partial charge < -0.3 is 20.1 Å². The molecule has 9 heteroatoms. The zero-order chi connectivity index (χ0) is 22.8. The van der Waals surface area contributed by atoms with Gasteiger partial charge in [0.1, 0.15) is 17.5 Å². The van der Waals surface area contributed by atoms with Crippen molar-refractivity contribution < 1.29 is 28.6 Å². The van der Waals surface area contributed by atoms with Crippen molar-refractivity contribution in [2.24, 2.45) is 0 Å². The minimum atomic E-state index is -1.14. The lowest BCUT2D eigenvalue weighted by Crippen LogP contribution is -2.50. The minimum absolute atomic E-state index is 0.00392. The SMILES string of the molecule is CC(C)(C)OC(=O)N[C@H]1CSc2ccc(C(=O)O)cc2N(Cc2ccccc2F)C1=O. The summed E-state index contributed by atoms with van der Waals surface area (Å²) in [7, 11) is 0. The fourth-order valence-corrected chi connectivity index (χ4v) is 4.10. The summed E-state index contributed by atoms with van der Waals surface area (Å²) < 4.78 is 19.6. The van der Waals surface area contributed by atoms with E-state index in [0.717, 1.165) is 0 Å². The monoisotopic (exact) mass is 446 g/mol. The van der Waals surface area contributed by atoms with Gasteiger partial charge in [-0.05, 0) is 45.0 Å². The molecule has 0 unspecified atom stereocenters. The summed E-state index contributed by atoms with van der Waals surface area (Å²) in [5.41, 5.74) is -0.113. The van der Waals surface area contributed by atoms with Crippen LogP contribution in [0.2, 0.25) is 0 Å². The van der Waals surface area contributed by atoms with Crippen LogP contribution >= 0.6 is 11.8 Å². The molecule has 1 aliphatic heterocycles. The maximum absolute atomic E-state index is 14.3. The van der Waals surface area contributed by atoms with Crippen LogP contribution in [0.4, 0.5) is 14.9 Å². The first kappa shape index (κ1) is 22.6. The molecular weight excluding hydrogens is 423 g/mol. The standard InChI is InChI=1S/C22H23FN2O5S/c1-22(2,3)30-21(29)24-16-12-31-18-9-8-13(20(27)28)10-17(18)25(19(16)26)11-14-6-4-5-7-15(14)23/h4-10,16H,11-12H2,1-3H3,(H,24,29)(H,27,28)/t16-/m0/s1. The quantitative estimate of drug-likeness (QED) is 0.736. The van der Waals surface area contributed by atoms with Crippen molar-refractivity contribution in [2.75, 3.05) is 10.7 Å². The molecule has 0 spiro atoms. The molecule has 3 rings (SSSR count). The van der Waals surface area contributed by atoms with Gasteiger partial charge in [-0.2, -0.15) is 0 Å². The minimum Gasteiger partial charge on any atom is -0.478 e. The molecular formula is C22H23FN2O5S. The summed E-state index contributed by atoms with van der Waals surface area (Å²) >= 11 is 1.30. The van der Waals surface area contributed by atoms with Crippen molar-refractivity contribution in [1.29, 1.82) is 0 Å². The second kappa shape index (κ2) is 8.97. The molecule has 0 saturated carbocycles. The number of anilines is 1. The van der Waals surface area contributed by atoms with E-state index in [-0.39, 0.29) is 23.4 Å². The average molecular weight is 447 g/mol. The molecule has 1 aliphatic rings. The molecule has 0 aromatic heterocycles. The molecule has 1 atom stereocenters. The van der Waals surface area contributed by atoms with Gasteiger partial charge in [-0.15, -0.1) is 11.8 Å². The van der Waals surface area contributed by atoms with E-state index in [2.05, 4.69) is 5.32 Å². The Labute approximate surface area is 183 Å². The maximum atomic E-state index is 14.3. The lowest BCUT2D eigenvalue weighted by molar-refractivity contribution is -0.120. The normalized spacial score (nSPS) is 16.3. The van der Waals surface area contributed by atoms with E-state index in [1.54, 1.807) is 45.0 Å². The predicted octanol–water partition coefficient (Wildman–Crippen LogP) is 4.06. The van der Waals surface area contributed by atoms with Crippen LogP contribution < -0.4 is 10.2 Å². The Kier molecular flexibility index (Phi) is 6.54. The number of nitrogens with zero attached hydrogens (tertiary/aromatic N) is 1. The van der Waals surface area contributed by atoms with Gasteiger partial charge in [-0.25, -0.2) is 14.0 Å². The number of halogens is 1. The van der Waals surface area contributed by atoms with Crippen LogP contribution in [0, 0.1) is 5.82 Å². The molecule has 0 aliphatic carbocycles. The number of hydrogen-bond acceptors (Lipinski definition) is 5. The molecule has 31 heavy (non-hydrogen) atoms. The van der Waals surface area contributed by atoms with Gasteiger partial charge in [0.25, 0.3) is 5.91 Å². The number of carboxylic acids is 1. The molecule has 7 nitrogen and oxygen atoms in total.